The second-order valence-electron chi connectivity index (χ2n) is 4.41. The van der Waals surface area contributed by atoms with Gasteiger partial charge in [-0.25, -0.2) is 4.39 Å². The van der Waals surface area contributed by atoms with E-state index in [2.05, 4.69) is 5.48 Å². The fourth-order valence-corrected chi connectivity index (χ4v) is 1.62. The predicted molar refractivity (Wildman–Crippen MR) is 76.3 cm³/mol. The van der Waals surface area contributed by atoms with Gasteiger partial charge in [-0.3, -0.25) is 0 Å². The smallest absolute Gasteiger partial charge is 0.128 e. The first-order chi connectivity index (χ1) is 9.67. The van der Waals surface area contributed by atoms with Crippen molar-refractivity contribution in [3.63, 3.8) is 0 Å². The van der Waals surface area contributed by atoms with Gasteiger partial charge in [0.2, 0.25) is 0 Å². The minimum atomic E-state index is -0.292. The summed E-state index contributed by atoms with van der Waals surface area (Å²) in [5.41, 5.74) is 3.09. The van der Waals surface area contributed by atoms with Crippen LogP contribution in [0.2, 0.25) is 0 Å². The summed E-state index contributed by atoms with van der Waals surface area (Å²) in [4.78, 5) is 0. The maximum absolute atomic E-state index is 12.8. The lowest BCUT2D eigenvalue weighted by molar-refractivity contribution is 0.150. The van der Waals surface area contributed by atoms with E-state index >= 15 is 0 Å². The van der Waals surface area contributed by atoms with Crippen molar-refractivity contribution in [2.24, 2.45) is 0 Å². The minimum absolute atomic E-state index is 0.128. The van der Waals surface area contributed by atoms with Gasteiger partial charge in [-0.1, -0.05) is 24.3 Å². The Morgan fingerprint density at radius 3 is 2.60 bits per heavy atom. The molecule has 0 saturated heterocycles. The summed E-state index contributed by atoms with van der Waals surface area (Å²) in [7, 11) is 0. The highest BCUT2D eigenvalue weighted by Gasteiger charge is 1.99. The summed E-state index contributed by atoms with van der Waals surface area (Å²) >= 11 is 0. The number of benzene rings is 2. The standard InChI is InChI=1S/C16H16FNO2/c1-12(18-19)5-6-13-3-2-4-16(11-13)20-15-9-7-14(17)8-10-15/h2-12,18-19H,1H3/t12-/m0/s1. The van der Waals surface area contributed by atoms with E-state index in [9.17, 15) is 4.39 Å². The molecule has 0 fully saturated rings. The van der Waals surface area contributed by atoms with Crippen LogP contribution in [0.15, 0.2) is 54.6 Å². The highest BCUT2D eigenvalue weighted by Crippen LogP contribution is 2.22. The summed E-state index contributed by atoms with van der Waals surface area (Å²) in [6, 6.07) is 13.2. The van der Waals surface area contributed by atoms with Crippen molar-refractivity contribution >= 4 is 6.08 Å². The minimum Gasteiger partial charge on any atom is -0.457 e. The summed E-state index contributed by atoms with van der Waals surface area (Å²) in [5.74, 6) is 0.959. The molecule has 104 valence electrons. The molecule has 2 N–H and O–H groups in total. The van der Waals surface area contributed by atoms with Crippen LogP contribution in [-0.4, -0.2) is 11.2 Å². The van der Waals surface area contributed by atoms with Crippen LogP contribution >= 0.6 is 0 Å². The lowest BCUT2D eigenvalue weighted by Crippen LogP contribution is -2.18. The van der Waals surface area contributed by atoms with Gasteiger partial charge in [0.05, 0.1) is 0 Å². The third-order valence-electron chi connectivity index (χ3n) is 2.69. The van der Waals surface area contributed by atoms with E-state index in [1.165, 1.54) is 12.1 Å². The second kappa shape index (κ2) is 6.84. The topological polar surface area (TPSA) is 41.5 Å². The number of hydroxylamine groups is 1. The molecule has 0 aliphatic rings. The fraction of sp³-hybridized carbons (Fsp3) is 0.125. The molecule has 2 aromatic rings. The molecule has 0 aromatic heterocycles. The van der Waals surface area contributed by atoms with Crippen molar-refractivity contribution in [2.45, 2.75) is 13.0 Å². The molecule has 0 bridgehead atoms. The van der Waals surface area contributed by atoms with Gasteiger partial charge in [0.25, 0.3) is 0 Å². The molecule has 0 unspecified atom stereocenters. The molecule has 2 rings (SSSR count). The first-order valence-corrected chi connectivity index (χ1v) is 6.28. The Labute approximate surface area is 117 Å². The van der Waals surface area contributed by atoms with E-state index in [4.69, 9.17) is 9.94 Å². The van der Waals surface area contributed by atoms with E-state index < -0.39 is 0 Å². The van der Waals surface area contributed by atoms with Gasteiger partial charge in [-0.05, 0) is 48.9 Å². The molecule has 1 atom stereocenters. The maximum Gasteiger partial charge on any atom is 0.128 e. The molecule has 0 aliphatic carbocycles. The number of hydrogen-bond donors (Lipinski definition) is 2. The molecular formula is C16H16FNO2. The van der Waals surface area contributed by atoms with E-state index in [0.29, 0.717) is 11.5 Å². The zero-order chi connectivity index (χ0) is 14.4. The highest BCUT2D eigenvalue weighted by molar-refractivity contribution is 5.52. The average Bonchev–Trinajstić information content (AvgIpc) is 2.47. The average molecular weight is 273 g/mol. The van der Waals surface area contributed by atoms with Crippen molar-refractivity contribution in [3.05, 3.63) is 66.0 Å². The van der Waals surface area contributed by atoms with Gasteiger partial charge in [0, 0.05) is 6.04 Å². The molecule has 0 heterocycles. The van der Waals surface area contributed by atoms with Gasteiger partial charge < -0.3 is 9.94 Å². The molecule has 2 aromatic carbocycles. The summed E-state index contributed by atoms with van der Waals surface area (Å²) in [6.45, 7) is 1.83. The Balaban J connectivity index is 2.09. The lowest BCUT2D eigenvalue weighted by atomic mass is 10.2. The molecule has 0 amide bonds. The largest absolute Gasteiger partial charge is 0.457 e. The zero-order valence-corrected chi connectivity index (χ0v) is 11.1. The number of rotatable bonds is 5. The van der Waals surface area contributed by atoms with Crippen LogP contribution in [0.3, 0.4) is 0 Å². The number of hydrogen-bond acceptors (Lipinski definition) is 3. The zero-order valence-electron chi connectivity index (χ0n) is 11.1. The first kappa shape index (κ1) is 14.2. The highest BCUT2D eigenvalue weighted by atomic mass is 19.1. The Kier molecular flexibility index (Phi) is 4.87. The number of nitrogens with one attached hydrogen (secondary N) is 1. The molecular weight excluding hydrogens is 257 g/mol. The summed E-state index contributed by atoms with van der Waals surface area (Å²) in [5, 5.41) is 8.73. The van der Waals surface area contributed by atoms with Crippen LogP contribution in [0.4, 0.5) is 4.39 Å². The van der Waals surface area contributed by atoms with Crippen molar-refractivity contribution in [3.8, 4) is 11.5 Å². The quantitative estimate of drug-likeness (QED) is 0.809. The van der Waals surface area contributed by atoms with Crippen LogP contribution in [0.25, 0.3) is 6.08 Å². The molecule has 20 heavy (non-hydrogen) atoms. The van der Waals surface area contributed by atoms with Crippen LogP contribution in [0, 0.1) is 5.82 Å². The second-order valence-corrected chi connectivity index (χ2v) is 4.41. The van der Waals surface area contributed by atoms with E-state index in [1.54, 1.807) is 12.1 Å². The Morgan fingerprint density at radius 2 is 1.90 bits per heavy atom. The lowest BCUT2D eigenvalue weighted by Gasteiger charge is -2.06. The molecule has 3 nitrogen and oxygen atoms in total. The van der Waals surface area contributed by atoms with Crippen LogP contribution in [0.5, 0.6) is 11.5 Å². The number of halogens is 1. The van der Waals surface area contributed by atoms with E-state index in [0.717, 1.165) is 5.56 Å². The van der Waals surface area contributed by atoms with Gasteiger partial charge in [-0.2, -0.15) is 5.48 Å². The van der Waals surface area contributed by atoms with Gasteiger partial charge in [-0.15, -0.1) is 0 Å². The van der Waals surface area contributed by atoms with Gasteiger partial charge in [0.15, 0.2) is 0 Å². The molecule has 0 radical (unpaired) electrons. The van der Waals surface area contributed by atoms with Crippen molar-refractivity contribution < 1.29 is 14.3 Å². The normalized spacial score (nSPS) is 12.6. The predicted octanol–water partition coefficient (Wildman–Crippen LogP) is 4.00. The Morgan fingerprint density at radius 1 is 1.15 bits per heavy atom. The van der Waals surface area contributed by atoms with Gasteiger partial charge in [0.1, 0.15) is 17.3 Å². The van der Waals surface area contributed by atoms with Crippen molar-refractivity contribution in [2.75, 3.05) is 0 Å². The van der Waals surface area contributed by atoms with Crippen molar-refractivity contribution in [1.82, 2.24) is 5.48 Å². The van der Waals surface area contributed by atoms with Crippen molar-refractivity contribution in [1.29, 1.82) is 0 Å². The maximum atomic E-state index is 12.8. The molecule has 4 heteroatoms. The molecule has 0 aliphatic heterocycles. The Bertz CT molecular complexity index is 581. The van der Waals surface area contributed by atoms with Crippen LogP contribution < -0.4 is 10.2 Å². The van der Waals surface area contributed by atoms with Crippen LogP contribution in [0.1, 0.15) is 12.5 Å². The summed E-state index contributed by atoms with van der Waals surface area (Å²) < 4.78 is 18.4. The monoisotopic (exact) mass is 273 g/mol. The molecule has 0 saturated carbocycles. The fourth-order valence-electron chi connectivity index (χ4n) is 1.62. The number of ether oxygens (including phenoxy) is 1. The van der Waals surface area contributed by atoms with Gasteiger partial charge >= 0.3 is 0 Å². The first-order valence-electron chi connectivity index (χ1n) is 6.28. The van der Waals surface area contributed by atoms with Crippen LogP contribution in [-0.2, 0) is 0 Å². The SMILES string of the molecule is C[C@@H](C=Cc1cccc(Oc2ccc(F)cc2)c1)NO. The van der Waals surface area contributed by atoms with E-state index in [-0.39, 0.29) is 11.9 Å². The van der Waals surface area contributed by atoms with E-state index in [1.807, 2.05) is 43.3 Å². The third-order valence-corrected chi connectivity index (χ3v) is 2.69. The Hall–Kier alpha value is -2.17. The third kappa shape index (κ3) is 4.19. The summed E-state index contributed by atoms with van der Waals surface area (Å²) in [6.07, 6.45) is 3.71. The molecule has 0 spiro atoms.